The van der Waals surface area contributed by atoms with E-state index in [9.17, 15) is 4.79 Å². The van der Waals surface area contributed by atoms with Crippen LogP contribution in [-0.4, -0.2) is 16.5 Å². The molecule has 0 aliphatic carbocycles. The monoisotopic (exact) mass is 303 g/mol. The molecule has 0 saturated carbocycles. The first-order valence-electron chi connectivity index (χ1n) is 7.29. The van der Waals surface area contributed by atoms with E-state index in [1.54, 1.807) is 6.07 Å². The Morgan fingerprint density at radius 2 is 2.10 bits per heavy atom. The Morgan fingerprint density at radius 3 is 2.86 bits per heavy atom. The molecule has 0 saturated heterocycles. The summed E-state index contributed by atoms with van der Waals surface area (Å²) in [5, 5.41) is 3.99. The maximum absolute atomic E-state index is 11.7. The van der Waals surface area contributed by atoms with Crippen LogP contribution in [0.2, 0.25) is 0 Å². The lowest BCUT2D eigenvalue weighted by Crippen LogP contribution is -2.13. The van der Waals surface area contributed by atoms with Crippen LogP contribution in [0.25, 0.3) is 0 Å². The second kappa shape index (κ2) is 8.00. The van der Waals surface area contributed by atoms with E-state index >= 15 is 0 Å². The highest BCUT2D eigenvalue weighted by molar-refractivity contribution is 7.99. The Morgan fingerprint density at radius 1 is 1.29 bits per heavy atom. The van der Waals surface area contributed by atoms with Gasteiger partial charge in [0.05, 0.1) is 0 Å². The Bertz CT molecular complexity index is 639. The number of rotatable bonds is 7. The Hall–Kier alpha value is -1.59. The van der Waals surface area contributed by atoms with E-state index in [4.69, 9.17) is 0 Å². The van der Waals surface area contributed by atoms with E-state index in [1.807, 2.05) is 12.1 Å². The van der Waals surface area contributed by atoms with E-state index < -0.39 is 0 Å². The number of nitrogens with one attached hydrogen (secondary N) is 2. The standard InChI is InChI=1S/C16H21N3OS/c1-3-7-13-10-15(20)19-16(18-13)21-14-9-6-5-8-12(14)11-17-4-2/h5-6,8-10,17H,3-4,7,11H2,1-2H3,(H,18,19,20). The summed E-state index contributed by atoms with van der Waals surface area (Å²) < 4.78 is 0. The molecule has 5 heteroatoms. The number of aryl methyl sites for hydroxylation is 1. The Balaban J connectivity index is 2.23. The van der Waals surface area contributed by atoms with Gasteiger partial charge in [-0.15, -0.1) is 0 Å². The first-order valence-corrected chi connectivity index (χ1v) is 8.11. The van der Waals surface area contributed by atoms with E-state index in [0.29, 0.717) is 5.16 Å². The second-order valence-corrected chi connectivity index (χ2v) is 5.81. The van der Waals surface area contributed by atoms with Gasteiger partial charge < -0.3 is 10.3 Å². The van der Waals surface area contributed by atoms with Crippen LogP contribution >= 0.6 is 11.8 Å². The third kappa shape index (κ3) is 4.72. The van der Waals surface area contributed by atoms with Gasteiger partial charge in [-0.05, 0) is 24.6 Å². The van der Waals surface area contributed by atoms with Crippen LogP contribution in [0.3, 0.4) is 0 Å². The van der Waals surface area contributed by atoms with Gasteiger partial charge in [-0.1, -0.05) is 50.2 Å². The van der Waals surface area contributed by atoms with Gasteiger partial charge in [-0.3, -0.25) is 4.79 Å². The van der Waals surface area contributed by atoms with Crippen LogP contribution in [0.15, 0.2) is 45.2 Å². The lowest BCUT2D eigenvalue weighted by molar-refractivity contribution is 0.717. The summed E-state index contributed by atoms with van der Waals surface area (Å²) >= 11 is 1.51. The molecule has 0 fully saturated rings. The topological polar surface area (TPSA) is 57.8 Å². The molecular weight excluding hydrogens is 282 g/mol. The van der Waals surface area contributed by atoms with Gasteiger partial charge in [0.25, 0.3) is 5.56 Å². The van der Waals surface area contributed by atoms with E-state index in [-0.39, 0.29) is 5.56 Å². The Kier molecular flexibility index (Phi) is 6.02. The summed E-state index contributed by atoms with van der Waals surface area (Å²) in [6.07, 6.45) is 1.81. The molecule has 0 bridgehead atoms. The zero-order valence-electron chi connectivity index (χ0n) is 12.5. The fourth-order valence-electron chi connectivity index (χ4n) is 2.03. The fraction of sp³-hybridized carbons (Fsp3) is 0.375. The minimum absolute atomic E-state index is 0.0832. The average Bonchev–Trinajstić information content (AvgIpc) is 2.46. The minimum Gasteiger partial charge on any atom is -0.313 e. The summed E-state index contributed by atoms with van der Waals surface area (Å²) in [6, 6.07) is 9.77. The van der Waals surface area contributed by atoms with Crippen LogP contribution < -0.4 is 10.9 Å². The summed E-state index contributed by atoms with van der Waals surface area (Å²) in [5.41, 5.74) is 1.99. The number of aromatic nitrogens is 2. The molecule has 2 N–H and O–H groups in total. The fourth-order valence-corrected chi connectivity index (χ4v) is 2.97. The molecule has 4 nitrogen and oxygen atoms in total. The highest BCUT2D eigenvalue weighted by atomic mass is 32.2. The first kappa shape index (κ1) is 15.8. The molecule has 2 aromatic rings. The molecule has 0 aliphatic heterocycles. The van der Waals surface area contributed by atoms with Crippen LogP contribution in [0.5, 0.6) is 0 Å². The van der Waals surface area contributed by atoms with Gasteiger partial charge in [-0.25, -0.2) is 4.98 Å². The van der Waals surface area contributed by atoms with E-state index in [1.165, 1.54) is 17.3 Å². The van der Waals surface area contributed by atoms with Gasteiger partial charge in [0, 0.05) is 23.2 Å². The molecule has 0 aliphatic rings. The van der Waals surface area contributed by atoms with Crippen molar-refractivity contribution >= 4 is 11.8 Å². The summed E-state index contributed by atoms with van der Waals surface area (Å²) in [7, 11) is 0. The second-order valence-electron chi connectivity index (χ2n) is 4.78. The van der Waals surface area contributed by atoms with Gasteiger partial charge in [0.1, 0.15) is 0 Å². The number of hydrogen-bond donors (Lipinski definition) is 2. The number of H-pyrrole nitrogens is 1. The molecule has 112 valence electrons. The minimum atomic E-state index is -0.0832. The summed E-state index contributed by atoms with van der Waals surface area (Å²) in [6.45, 7) is 5.92. The highest BCUT2D eigenvalue weighted by Crippen LogP contribution is 2.27. The molecular formula is C16H21N3OS. The molecule has 2 rings (SSSR count). The van der Waals surface area contributed by atoms with Crippen LogP contribution in [0.1, 0.15) is 31.5 Å². The Labute approximate surface area is 129 Å². The van der Waals surface area contributed by atoms with Gasteiger partial charge in [-0.2, -0.15) is 0 Å². The van der Waals surface area contributed by atoms with Crippen LogP contribution in [-0.2, 0) is 13.0 Å². The smallest absolute Gasteiger partial charge is 0.251 e. The molecule has 0 spiro atoms. The lowest BCUT2D eigenvalue weighted by atomic mass is 10.2. The van der Waals surface area contributed by atoms with Crippen LogP contribution in [0, 0.1) is 0 Å². The zero-order chi connectivity index (χ0) is 15.1. The van der Waals surface area contributed by atoms with Crippen LogP contribution in [0.4, 0.5) is 0 Å². The molecule has 0 radical (unpaired) electrons. The normalized spacial score (nSPS) is 10.8. The molecule has 21 heavy (non-hydrogen) atoms. The van der Waals surface area contributed by atoms with Crippen molar-refractivity contribution in [3.05, 3.63) is 51.9 Å². The highest BCUT2D eigenvalue weighted by Gasteiger charge is 2.07. The van der Waals surface area contributed by atoms with Crippen molar-refractivity contribution in [3.63, 3.8) is 0 Å². The molecule has 0 atom stereocenters. The van der Waals surface area contributed by atoms with E-state index in [0.717, 1.165) is 36.5 Å². The third-order valence-electron chi connectivity index (χ3n) is 3.02. The average molecular weight is 303 g/mol. The predicted octanol–water partition coefficient (Wildman–Crippen LogP) is 2.98. The maximum atomic E-state index is 11.7. The summed E-state index contributed by atoms with van der Waals surface area (Å²) in [4.78, 5) is 20.2. The maximum Gasteiger partial charge on any atom is 0.251 e. The van der Waals surface area contributed by atoms with Gasteiger partial charge in [0.15, 0.2) is 5.16 Å². The van der Waals surface area contributed by atoms with Crippen molar-refractivity contribution in [3.8, 4) is 0 Å². The zero-order valence-corrected chi connectivity index (χ0v) is 13.3. The largest absolute Gasteiger partial charge is 0.313 e. The number of hydrogen-bond acceptors (Lipinski definition) is 4. The summed E-state index contributed by atoms with van der Waals surface area (Å²) in [5.74, 6) is 0. The van der Waals surface area contributed by atoms with Gasteiger partial charge >= 0.3 is 0 Å². The van der Waals surface area contributed by atoms with Crippen molar-refractivity contribution in [2.75, 3.05) is 6.54 Å². The quantitative estimate of drug-likeness (QED) is 0.772. The number of aromatic amines is 1. The predicted molar refractivity (Wildman–Crippen MR) is 86.8 cm³/mol. The molecule has 0 amide bonds. The van der Waals surface area contributed by atoms with E-state index in [2.05, 4.69) is 41.3 Å². The van der Waals surface area contributed by atoms with Gasteiger partial charge in [0.2, 0.25) is 0 Å². The van der Waals surface area contributed by atoms with Crippen molar-refractivity contribution in [1.82, 2.24) is 15.3 Å². The molecule has 0 unspecified atom stereocenters. The molecule has 1 aromatic carbocycles. The third-order valence-corrected chi connectivity index (χ3v) is 4.03. The van der Waals surface area contributed by atoms with Crippen molar-refractivity contribution in [1.29, 1.82) is 0 Å². The van der Waals surface area contributed by atoms with Crippen molar-refractivity contribution < 1.29 is 0 Å². The number of nitrogens with zero attached hydrogens (tertiary/aromatic N) is 1. The van der Waals surface area contributed by atoms with Crippen molar-refractivity contribution in [2.24, 2.45) is 0 Å². The van der Waals surface area contributed by atoms with Crippen molar-refractivity contribution in [2.45, 2.75) is 43.3 Å². The molecule has 1 aromatic heterocycles. The SMILES string of the molecule is CCCc1cc(=O)[nH]c(Sc2ccccc2CNCC)n1. The lowest BCUT2D eigenvalue weighted by Gasteiger charge is -2.09. The molecule has 1 heterocycles. The number of benzene rings is 1. The first-order chi connectivity index (χ1) is 10.2.